The molecule has 0 radical (unpaired) electrons. The van der Waals surface area contributed by atoms with Gasteiger partial charge in [-0.3, -0.25) is 0 Å². The first kappa shape index (κ1) is 14.5. The average Bonchev–Trinajstić information content (AvgIpc) is 3.12. The standard InChI is InChI=1S/C18H22N4O/c1-21-9-14-11-22(12-15(14)10-21)18-8-7-17(19-20-18)13-3-5-16(23-2)6-4-13/h3-8,14-15H,9-12H2,1-2H3/t14-,15+. The van der Waals surface area contributed by atoms with Crippen LogP contribution in [0.15, 0.2) is 36.4 Å². The minimum atomic E-state index is 0.781. The van der Waals surface area contributed by atoms with E-state index in [1.165, 1.54) is 13.1 Å². The molecular formula is C18H22N4O. The Labute approximate surface area is 136 Å². The Hall–Kier alpha value is -2.14. The summed E-state index contributed by atoms with van der Waals surface area (Å²) in [5.74, 6) is 3.41. The Balaban J connectivity index is 1.48. The fraction of sp³-hybridized carbons (Fsp3) is 0.444. The second-order valence-corrected chi connectivity index (χ2v) is 6.65. The quantitative estimate of drug-likeness (QED) is 0.869. The number of hydrogen-bond donors (Lipinski definition) is 0. The number of aromatic nitrogens is 2. The molecule has 1 aromatic heterocycles. The summed E-state index contributed by atoms with van der Waals surface area (Å²) in [6, 6.07) is 12.1. The van der Waals surface area contributed by atoms with E-state index in [0.29, 0.717) is 0 Å². The van der Waals surface area contributed by atoms with Gasteiger partial charge in [0.15, 0.2) is 5.82 Å². The fourth-order valence-electron chi connectivity index (χ4n) is 3.82. The molecule has 5 nitrogen and oxygen atoms in total. The van der Waals surface area contributed by atoms with Crippen LogP contribution >= 0.6 is 0 Å². The van der Waals surface area contributed by atoms with Crippen molar-refractivity contribution in [1.29, 1.82) is 0 Å². The summed E-state index contributed by atoms with van der Waals surface area (Å²) in [4.78, 5) is 4.82. The van der Waals surface area contributed by atoms with Crippen molar-refractivity contribution in [2.45, 2.75) is 0 Å². The number of benzene rings is 1. The third-order valence-electron chi connectivity index (χ3n) is 5.03. The average molecular weight is 310 g/mol. The van der Waals surface area contributed by atoms with E-state index in [1.54, 1.807) is 7.11 Å². The van der Waals surface area contributed by atoms with E-state index < -0.39 is 0 Å². The van der Waals surface area contributed by atoms with Gasteiger partial charge in [0.1, 0.15) is 5.75 Å². The molecule has 0 amide bonds. The van der Waals surface area contributed by atoms with Gasteiger partial charge in [0.25, 0.3) is 0 Å². The van der Waals surface area contributed by atoms with Crippen molar-refractivity contribution in [3.8, 4) is 17.0 Å². The number of likely N-dealkylation sites (tertiary alicyclic amines) is 1. The van der Waals surface area contributed by atoms with Crippen LogP contribution in [0.4, 0.5) is 5.82 Å². The molecule has 0 spiro atoms. The van der Waals surface area contributed by atoms with Crippen molar-refractivity contribution in [3.05, 3.63) is 36.4 Å². The number of rotatable bonds is 3. The Morgan fingerprint density at radius 1 is 0.913 bits per heavy atom. The number of anilines is 1. The lowest BCUT2D eigenvalue weighted by Crippen LogP contribution is -2.27. The smallest absolute Gasteiger partial charge is 0.151 e. The summed E-state index contributed by atoms with van der Waals surface area (Å²) >= 11 is 0. The highest BCUT2D eigenvalue weighted by molar-refractivity contribution is 5.60. The maximum atomic E-state index is 5.19. The Morgan fingerprint density at radius 3 is 2.17 bits per heavy atom. The van der Waals surface area contributed by atoms with E-state index in [2.05, 4.69) is 39.2 Å². The fourth-order valence-corrected chi connectivity index (χ4v) is 3.82. The zero-order valence-corrected chi connectivity index (χ0v) is 13.6. The predicted molar refractivity (Wildman–Crippen MR) is 90.7 cm³/mol. The molecule has 0 N–H and O–H groups in total. The Kier molecular flexibility index (Phi) is 3.65. The predicted octanol–water partition coefficient (Wildman–Crippen LogP) is 2.15. The molecule has 23 heavy (non-hydrogen) atoms. The molecule has 4 rings (SSSR count). The van der Waals surface area contributed by atoms with Gasteiger partial charge < -0.3 is 14.5 Å². The van der Waals surface area contributed by atoms with E-state index in [4.69, 9.17) is 4.74 Å². The number of nitrogens with zero attached hydrogens (tertiary/aromatic N) is 4. The molecule has 0 aliphatic carbocycles. The third-order valence-corrected chi connectivity index (χ3v) is 5.03. The molecule has 3 heterocycles. The molecule has 0 saturated carbocycles. The molecule has 2 atom stereocenters. The van der Waals surface area contributed by atoms with Crippen LogP contribution in [-0.2, 0) is 0 Å². The van der Waals surface area contributed by atoms with Gasteiger partial charge in [-0.25, -0.2) is 0 Å². The monoisotopic (exact) mass is 310 g/mol. The molecule has 0 bridgehead atoms. The number of hydrogen-bond acceptors (Lipinski definition) is 5. The van der Waals surface area contributed by atoms with Crippen molar-refractivity contribution >= 4 is 5.82 Å². The van der Waals surface area contributed by atoms with Crippen LogP contribution in [0.2, 0.25) is 0 Å². The third kappa shape index (κ3) is 2.77. The van der Waals surface area contributed by atoms with E-state index in [1.807, 2.05) is 24.3 Å². The number of fused-ring (bicyclic) bond motifs is 1. The second kappa shape index (κ2) is 5.81. The maximum Gasteiger partial charge on any atom is 0.151 e. The summed E-state index contributed by atoms with van der Waals surface area (Å²) in [5.41, 5.74) is 1.96. The molecule has 2 fully saturated rings. The zero-order chi connectivity index (χ0) is 15.8. The van der Waals surface area contributed by atoms with E-state index in [0.717, 1.165) is 47.8 Å². The minimum absolute atomic E-state index is 0.781. The van der Waals surface area contributed by atoms with Crippen LogP contribution in [0.25, 0.3) is 11.3 Å². The number of ether oxygens (including phenoxy) is 1. The van der Waals surface area contributed by atoms with Gasteiger partial charge in [-0.1, -0.05) is 0 Å². The molecule has 120 valence electrons. The van der Waals surface area contributed by atoms with Crippen LogP contribution in [0.3, 0.4) is 0 Å². The van der Waals surface area contributed by atoms with Gasteiger partial charge in [-0.05, 0) is 55.3 Å². The molecule has 2 aliphatic rings. The highest BCUT2D eigenvalue weighted by atomic mass is 16.5. The molecular weight excluding hydrogens is 288 g/mol. The summed E-state index contributed by atoms with van der Waals surface area (Å²) < 4.78 is 5.19. The van der Waals surface area contributed by atoms with Crippen molar-refractivity contribution < 1.29 is 4.74 Å². The van der Waals surface area contributed by atoms with Crippen LogP contribution in [0.1, 0.15) is 0 Å². The molecule has 0 unspecified atom stereocenters. The van der Waals surface area contributed by atoms with Crippen molar-refractivity contribution in [2.75, 3.05) is 45.2 Å². The normalized spacial score (nSPS) is 24.0. The molecule has 2 aliphatic heterocycles. The Bertz CT molecular complexity index is 656. The van der Waals surface area contributed by atoms with Gasteiger partial charge >= 0.3 is 0 Å². The topological polar surface area (TPSA) is 41.5 Å². The van der Waals surface area contributed by atoms with Crippen LogP contribution in [-0.4, -0.2) is 55.4 Å². The lowest BCUT2D eigenvalue weighted by Gasteiger charge is -2.19. The SMILES string of the molecule is COc1ccc(-c2ccc(N3C[C@H]4CN(C)C[C@H]4C3)nn2)cc1. The largest absolute Gasteiger partial charge is 0.497 e. The second-order valence-electron chi connectivity index (χ2n) is 6.65. The van der Waals surface area contributed by atoms with Gasteiger partial charge in [0, 0.05) is 31.7 Å². The number of methoxy groups -OCH3 is 1. The summed E-state index contributed by atoms with van der Waals surface area (Å²) in [6.45, 7) is 4.62. The first-order valence-corrected chi connectivity index (χ1v) is 8.14. The van der Waals surface area contributed by atoms with E-state index in [-0.39, 0.29) is 0 Å². The molecule has 2 saturated heterocycles. The summed E-state index contributed by atoms with van der Waals surface area (Å²) in [7, 11) is 3.89. The highest BCUT2D eigenvalue weighted by Gasteiger charge is 2.39. The summed E-state index contributed by atoms with van der Waals surface area (Å²) in [6.07, 6.45) is 0. The molecule has 5 heteroatoms. The van der Waals surface area contributed by atoms with E-state index >= 15 is 0 Å². The van der Waals surface area contributed by atoms with Gasteiger partial charge in [0.2, 0.25) is 0 Å². The molecule has 1 aromatic carbocycles. The molecule has 2 aromatic rings. The van der Waals surface area contributed by atoms with Crippen molar-refractivity contribution in [3.63, 3.8) is 0 Å². The van der Waals surface area contributed by atoms with Gasteiger partial charge in [-0.15, -0.1) is 10.2 Å². The van der Waals surface area contributed by atoms with E-state index in [9.17, 15) is 0 Å². The minimum Gasteiger partial charge on any atom is -0.497 e. The van der Waals surface area contributed by atoms with Crippen LogP contribution < -0.4 is 9.64 Å². The summed E-state index contributed by atoms with van der Waals surface area (Å²) in [5, 5.41) is 8.87. The van der Waals surface area contributed by atoms with Crippen molar-refractivity contribution in [2.24, 2.45) is 11.8 Å². The zero-order valence-electron chi connectivity index (χ0n) is 13.6. The first-order valence-electron chi connectivity index (χ1n) is 8.14. The lowest BCUT2D eigenvalue weighted by atomic mass is 10.0. The lowest BCUT2D eigenvalue weighted by molar-refractivity contribution is 0.387. The van der Waals surface area contributed by atoms with Gasteiger partial charge in [0.05, 0.1) is 12.8 Å². The Morgan fingerprint density at radius 2 is 1.61 bits per heavy atom. The van der Waals surface area contributed by atoms with Gasteiger partial charge in [-0.2, -0.15) is 0 Å². The van der Waals surface area contributed by atoms with Crippen LogP contribution in [0, 0.1) is 11.8 Å². The maximum absolute atomic E-state index is 5.19. The van der Waals surface area contributed by atoms with Crippen molar-refractivity contribution in [1.82, 2.24) is 15.1 Å². The highest BCUT2D eigenvalue weighted by Crippen LogP contribution is 2.32. The first-order chi connectivity index (χ1) is 11.2. The van der Waals surface area contributed by atoms with Crippen LogP contribution in [0.5, 0.6) is 5.75 Å².